The molecule has 2 heterocycles. The molecule has 7 nitrogen and oxygen atoms in total. The van der Waals surface area contributed by atoms with Crippen molar-refractivity contribution in [1.82, 2.24) is 4.90 Å². The quantitative estimate of drug-likeness (QED) is 0.318. The van der Waals surface area contributed by atoms with Crippen LogP contribution in [0.5, 0.6) is 0 Å². The number of hydrogen-bond acceptors (Lipinski definition) is 6. The second-order valence-corrected chi connectivity index (χ2v) is 9.52. The van der Waals surface area contributed by atoms with Crippen LogP contribution < -0.4 is 0 Å². The molecule has 0 saturated carbocycles. The predicted octanol–water partition coefficient (Wildman–Crippen LogP) is 6.26. The molecule has 4 rings (SSSR count). The fraction of sp³-hybridized carbons (Fsp3) is 0.304. The van der Waals surface area contributed by atoms with E-state index in [4.69, 9.17) is 44.5 Å². The average Bonchev–Trinajstić information content (AvgIpc) is 3.45. The number of carbonyl (C=O) groups is 2. The fourth-order valence-electron chi connectivity index (χ4n) is 3.94. The third-order valence-corrected chi connectivity index (χ3v) is 7.08. The second-order valence-electron chi connectivity index (χ2n) is 8.32. The van der Waals surface area contributed by atoms with Crippen LogP contribution in [0.1, 0.15) is 46.8 Å². The summed E-state index contributed by atoms with van der Waals surface area (Å²) >= 11 is 17.8. The lowest BCUT2D eigenvalue weighted by molar-refractivity contribution is -0.275. The highest BCUT2D eigenvalue weighted by Gasteiger charge is 2.62. The minimum absolute atomic E-state index is 0.00740. The molecule has 0 spiro atoms. The van der Waals surface area contributed by atoms with Gasteiger partial charge in [-0.1, -0.05) is 51.2 Å². The summed E-state index contributed by atoms with van der Waals surface area (Å²) < 4.78 is 42.9. The molecule has 2 aliphatic heterocycles. The zero-order valence-corrected chi connectivity index (χ0v) is 21.0. The van der Waals surface area contributed by atoms with Crippen LogP contribution in [0.25, 0.3) is 0 Å². The molecule has 0 bridgehead atoms. The number of alkyl halides is 3. The van der Waals surface area contributed by atoms with Crippen molar-refractivity contribution in [3.63, 3.8) is 0 Å². The highest BCUT2D eigenvalue weighted by Crippen LogP contribution is 2.50. The van der Waals surface area contributed by atoms with Crippen LogP contribution in [-0.4, -0.2) is 41.0 Å². The Hall–Kier alpha value is -2.82. The number of oxime groups is 2. The van der Waals surface area contributed by atoms with Gasteiger partial charge >= 0.3 is 6.18 Å². The summed E-state index contributed by atoms with van der Waals surface area (Å²) in [4.78, 5) is 35.5. The number of nitrogens with zero attached hydrogens (tertiary/aromatic N) is 3. The molecule has 0 fully saturated rings. The number of amides is 2. The number of carbonyl (C=O) groups excluding carboxylic acids is 2. The maximum atomic E-state index is 14.3. The molecular formula is C23H17Cl3F3N3O4. The highest BCUT2D eigenvalue weighted by atomic mass is 35.5. The predicted molar refractivity (Wildman–Crippen MR) is 127 cm³/mol. The molecule has 190 valence electrons. The van der Waals surface area contributed by atoms with E-state index in [1.54, 1.807) is 13.8 Å². The van der Waals surface area contributed by atoms with Crippen LogP contribution in [0.3, 0.4) is 0 Å². The summed E-state index contributed by atoms with van der Waals surface area (Å²) in [6.07, 6.45) is -5.80. The Bertz CT molecular complexity index is 1290. The van der Waals surface area contributed by atoms with E-state index < -0.39 is 30.3 Å². The minimum Gasteiger partial charge on any atom is -0.374 e. The van der Waals surface area contributed by atoms with Crippen molar-refractivity contribution in [2.45, 2.75) is 44.7 Å². The van der Waals surface area contributed by atoms with Gasteiger partial charge in [0, 0.05) is 24.0 Å². The first-order valence-electron chi connectivity index (χ1n) is 10.4. The molecular weight excluding hydrogens is 546 g/mol. The first kappa shape index (κ1) is 26.2. The number of benzene rings is 2. The van der Waals surface area contributed by atoms with Gasteiger partial charge in [0.2, 0.25) is 12.6 Å². The number of imide groups is 1. The van der Waals surface area contributed by atoms with Crippen molar-refractivity contribution >= 4 is 58.5 Å². The Balaban J connectivity index is 1.62. The summed E-state index contributed by atoms with van der Waals surface area (Å²) in [6.45, 7) is 3.29. The van der Waals surface area contributed by atoms with E-state index in [2.05, 4.69) is 10.3 Å². The van der Waals surface area contributed by atoms with E-state index in [1.807, 2.05) is 0 Å². The SMILES string of the molecule is CC1=NOC(N(C=O)C(=O)c2ccc(C3=NO[C@@](c4cc(Cl)c(Cl)c(Cl)c4)(C(F)(F)F)C3)cc2C)C1. The van der Waals surface area contributed by atoms with E-state index >= 15 is 0 Å². The summed E-state index contributed by atoms with van der Waals surface area (Å²) in [6, 6.07) is 6.40. The average molecular weight is 563 g/mol. The zero-order valence-electron chi connectivity index (χ0n) is 18.7. The van der Waals surface area contributed by atoms with E-state index in [-0.39, 0.29) is 38.3 Å². The third-order valence-electron chi connectivity index (χ3n) is 5.88. The van der Waals surface area contributed by atoms with Gasteiger partial charge in [0.1, 0.15) is 0 Å². The summed E-state index contributed by atoms with van der Waals surface area (Å²) in [5, 5.41) is 7.05. The van der Waals surface area contributed by atoms with E-state index in [0.29, 0.717) is 23.2 Å². The van der Waals surface area contributed by atoms with Gasteiger partial charge in [0.25, 0.3) is 11.5 Å². The van der Waals surface area contributed by atoms with Crippen molar-refractivity contribution in [1.29, 1.82) is 0 Å². The molecule has 0 radical (unpaired) electrons. The highest BCUT2D eigenvalue weighted by molar-refractivity contribution is 6.48. The zero-order chi connectivity index (χ0) is 26.4. The number of aryl methyl sites for hydroxylation is 1. The molecule has 0 aliphatic carbocycles. The van der Waals surface area contributed by atoms with E-state index in [1.165, 1.54) is 18.2 Å². The van der Waals surface area contributed by atoms with E-state index in [0.717, 1.165) is 17.0 Å². The van der Waals surface area contributed by atoms with Crippen LogP contribution in [-0.2, 0) is 20.1 Å². The van der Waals surface area contributed by atoms with Crippen molar-refractivity contribution in [2.24, 2.45) is 10.3 Å². The third kappa shape index (κ3) is 4.53. The molecule has 2 aliphatic rings. The topological polar surface area (TPSA) is 80.6 Å². The first-order chi connectivity index (χ1) is 16.9. The lowest BCUT2D eigenvalue weighted by Crippen LogP contribution is -2.42. The Morgan fingerprint density at radius 3 is 2.33 bits per heavy atom. The molecule has 2 atom stereocenters. The fourth-order valence-corrected chi connectivity index (χ4v) is 4.54. The largest absolute Gasteiger partial charge is 0.435 e. The van der Waals surface area contributed by atoms with Crippen molar-refractivity contribution in [3.8, 4) is 0 Å². The van der Waals surface area contributed by atoms with Crippen molar-refractivity contribution in [3.05, 3.63) is 67.7 Å². The van der Waals surface area contributed by atoms with Crippen LogP contribution in [0.15, 0.2) is 40.6 Å². The number of rotatable bonds is 5. The molecule has 0 N–H and O–H groups in total. The van der Waals surface area contributed by atoms with Gasteiger partial charge in [-0.05, 0) is 49.2 Å². The second kappa shape index (κ2) is 9.57. The van der Waals surface area contributed by atoms with Crippen LogP contribution in [0.4, 0.5) is 13.2 Å². The van der Waals surface area contributed by atoms with Gasteiger partial charge in [-0.25, -0.2) is 4.90 Å². The van der Waals surface area contributed by atoms with Gasteiger partial charge in [-0.15, -0.1) is 0 Å². The van der Waals surface area contributed by atoms with Crippen LogP contribution >= 0.6 is 34.8 Å². The monoisotopic (exact) mass is 561 g/mol. The molecule has 2 amide bonds. The van der Waals surface area contributed by atoms with Gasteiger partial charge < -0.3 is 9.68 Å². The molecule has 13 heteroatoms. The first-order valence-corrected chi connectivity index (χ1v) is 11.6. The van der Waals surface area contributed by atoms with Gasteiger partial charge in [-0.2, -0.15) is 13.2 Å². The molecule has 1 unspecified atom stereocenters. The summed E-state index contributed by atoms with van der Waals surface area (Å²) in [5.74, 6) is -0.636. The van der Waals surface area contributed by atoms with Crippen molar-refractivity contribution in [2.75, 3.05) is 0 Å². The number of hydrogen-bond donors (Lipinski definition) is 0. The molecule has 0 aromatic heterocycles. The Morgan fingerprint density at radius 2 is 1.81 bits per heavy atom. The smallest absolute Gasteiger partial charge is 0.374 e. The minimum atomic E-state index is -4.88. The van der Waals surface area contributed by atoms with E-state index in [9.17, 15) is 22.8 Å². The molecule has 0 saturated heterocycles. The normalized spacial score (nSPS) is 21.4. The number of halogens is 6. The lowest BCUT2D eigenvalue weighted by Gasteiger charge is -2.30. The maximum absolute atomic E-state index is 14.3. The van der Waals surface area contributed by atoms with Crippen molar-refractivity contribution < 1.29 is 32.4 Å². The van der Waals surface area contributed by atoms with Crippen LogP contribution in [0, 0.1) is 6.92 Å². The summed E-state index contributed by atoms with van der Waals surface area (Å²) in [5.41, 5.74) is -1.70. The standard InChI is InChI=1S/C23H17Cl3F3N3O4/c1-11-5-13(3-4-15(11)21(34)32(10-33)19-6-12(2)30-35-19)18-9-22(36-31-18,23(27,28)29)14-7-16(24)20(26)17(25)8-14/h3-5,7-8,10,19H,6,9H2,1-2H3/t19?,22-/m0/s1. The molecule has 36 heavy (non-hydrogen) atoms. The van der Waals surface area contributed by atoms with Gasteiger partial charge in [0.05, 0.1) is 26.5 Å². The maximum Gasteiger partial charge on any atom is 0.435 e. The lowest BCUT2D eigenvalue weighted by atomic mass is 9.86. The Kier molecular flexibility index (Phi) is 6.98. The van der Waals surface area contributed by atoms with Crippen LogP contribution in [0.2, 0.25) is 15.1 Å². The molecule has 2 aromatic carbocycles. The van der Waals surface area contributed by atoms with Gasteiger partial charge in [-0.3, -0.25) is 9.59 Å². The Labute approximate surface area is 218 Å². The molecule has 2 aromatic rings. The summed E-state index contributed by atoms with van der Waals surface area (Å²) in [7, 11) is 0. The van der Waals surface area contributed by atoms with Gasteiger partial charge in [0.15, 0.2) is 0 Å². The Morgan fingerprint density at radius 1 is 1.14 bits per heavy atom.